The molecule has 232 valence electrons. The van der Waals surface area contributed by atoms with Crippen molar-refractivity contribution in [2.75, 3.05) is 13.2 Å². The van der Waals surface area contributed by atoms with E-state index in [1.54, 1.807) is 12.5 Å². The molecule has 0 saturated heterocycles. The van der Waals surface area contributed by atoms with Crippen molar-refractivity contribution in [3.8, 4) is 0 Å². The monoisotopic (exact) mass is 573 g/mol. The number of ether oxygens (including phenoxy) is 2. The van der Waals surface area contributed by atoms with E-state index in [9.17, 15) is 9.59 Å². The third kappa shape index (κ3) is 14.8. The zero-order valence-corrected chi connectivity index (χ0v) is 25.9. The second-order valence-corrected chi connectivity index (χ2v) is 11.7. The van der Waals surface area contributed by atoms with Crippen LogP contribution < -0.4 is 5.73 Å². The lowest BCUT2D eigenvalue weighted by molar-refractivity contribution is -0.149. The lowest BCUT2D eigenvalue weighted by atomic mass is 10.0. The van der Waals surface area contributed by atoms with Crippen LogP contribution in [0.25, 0.3) is 11.2 Å². The fourth-order valence-electron chi connectivity index (χ4n) is 4.90. The predicted molar refractivity (Wildman–Crippen MR) is 163 cm³/mol. The van der Waals surface area contributed by atoms with Gasteiger partial charge in [0.25, 0.3) is 0 Å². The van der Waals surface area contributed by atoms with E-state index in [1.807, 2.05) is 18.4 Å². The average Bonchev–Trinajstić information content (AvgIpc) is 3.38. The Labute approximate surface area is 247 Å². The summed E-state index contributed by atoms with van der Waals surface area (Å²) in [6, 6.07) is -0.648. The van der Waals surface area contributed by atoms with E-state index in [0.717, 1.165) is 18.5 Å². The van der Waals surface area contributed by atoms with Crippen molar-refractivity contribution >= 4 is 23.1 Å². The van der Waals surface area contributed by atoms with Gasteiger partial charge in [0.1, 0.15) is 17.9 Å². The van der Waals surface area contributed by atoms with E-state index in [2.05, 4.69) is 21.9 Å². The number of carbonyl (C=O) groups is 2. The standard InChI is InChI=1S/C32H55N5O4/c1-4-5-6-7-8-9-10-11-12-13-14-15-16-17-18-29(38)41-23-27(19-20-40-32(39)30(33)26(2)3)22-37-25-36-28-21-34-24-35-31(28)37/h21,24-27,30H,4-20,22-23,33H2,1-3H3/t27-,30+/m1/s1. The van der Waals surface area contributed by atoms with Crippen molar-refractivity contribution in [2.45, 2.75) is 136 Å². The van der Waals surface area contributed by atoms with Crippen molar-refractivity contribution in [2.24, 2.45) is 17.6 Å². The number of imidazole rings is 1. The molecule has 0 saturated carbocycles. The van der Waals surface area contributed by atoms with Gasteiger partial charge in [0.05, 0.1) is 25.7 Å². The summed E-state index contributed by atoms with van der Waals surface area (Å²) in [5, 5.41) is 0. The molecule has 0 aliphatic carbocycles. The molecule has 0 aliphatic heterocycles. The van der Waals surface area contributed by atoms with E-state index >= 15 is 0 Å². The highest BCUT2D eigenvalue weighted by molar-refractivity contribution is 5.75. The zero-order valence-electron chi connectivity index (χ0n) is 25.9. The summed E-state index contributed by atoms with van der Waals surface area (Å²) >= 11 is 0. The summed E-state index contributed by atoms with van der Waals surface area (Å²) in [5.74, 6) is -0.642. The average molecular weight is 574 g/mol. The third-order valence-electron chi connectivity index (χ3n) is 7.71. The quantitative estimate of drug-likeness (QED) is 0.108. The minimum absolute atomic E-state index is 0.00570. The van der Waals surface area contributed by atoms with Crippen LogP contribution in [0, 0.1) is 11.8 Å². The first-order valence-corrected chi connectivity index (χ1v) is 16.1. The highest BCUT2D eigenvalue weighted by Crippen LogP contribution is 2.16. The van der Waals surface area contributed by atoms with Crippen LogP contribution in [0.2, 0.25) is 0 Å². The molecule has 2 aromatic heterocycles. The molecule has 0 fully saturated rings. The number of carbonyl (C=O) groups excluding carboxylic acids is 2. The molecule has 2 atom stereocenters. The van der Waals surface area contributed by atoms with Crippen LogP contribution in [0.1, 0.15) is 124 Å². The van der Waals surface area contributed by atoms with Crippen LogP contribution >= 0.6 is 0 Å². The highest BCUT2D eigenvalue weighted by atomic mass is 16.5. The largest absolute Gasteiger partial charge is 0.465 e. The maximum absolute atomic E-state index is 12.5. The normalized spacial score (nSPS) is 13.0. The Kier molecular flexibility index (Phi) is 17.9. The van der Waals surface area contributed by atoms with Gasteiger partial charge in [0.15, 0.2) is 5.65 Å². The SMILES string of the molecule is CCCCCCCCCCCCCCCCC(=O)OC[C@H](CCOC(=O)[C@@H](N)C(C)C)Cn1cnc2cncnc21. The van der Waals surface area contributed by atoms with Gasteiger partial charge in [-0.1, -0.05) is 104 Å². The number of nitrogens with two attached hydrogens (primary N) is 1. The summed E-state index contributed by atoms with van der Waals surface area (Å²) in [5.41, 5.74) is 7.33. The van der Waals surface area contributed by atoms with Gasteiger partial charge < -0.3 is 19.8 Å². The molecule has 0 aromatic carbocycles. The first-order chi connectivity index (χ1) is 19.9. The number of aromatic nitrogens is 4. The molecule has 2 rings (SSSR count). The lowest BCUT2D eigenvalue weighted by Gasteiger charge is -2.19. The fourth-order valence-corrected chi connectivity index (χ4v) is 4.90. The number of nitrogens with zero attached hydrogens (tertiary/aromatic N) is 4. The topological polar surface area (TPSA) is 122 Å². The first kappa shape index (κ1) is 34.7. The van der Waals surface area contributed by atoms with Crippen molar-refractivity contribution in [3.05, 3.63) is 18.9 Å². The Morgan fingerprint density at radius 1 is 0.878 bits per heavy atom. The summed E-state index contributed by atoms with van der Waals surface area (Å²) < 4.78 is 13.0. The summed E-state index contributed by atoms with van der Waals surface area (Å²) in [7, 11) is 0. The molecule has 9 nitrogen and oxygen atoms in total. The number of esters is 2. The summed E-state index contributed by atoms with van der Waals surface area (Å²) in [4.78, 5) is 37.3. The molecule has 0 spiro atoms. The fraction of sp³-hybridized carbons (Fsp3) is 0.781. The van der Waals surface area contributed by atoms with Gasteiger partial charge in [-0.05, 0) is 18.8 Å². The van der Waals surface area contributed by atoms with Gasteiger partial charge in [0, 0.05) is 18.9 Å². The molecule has 0 radical (unpaired) electrons. The van der Waals surface area contributed by atoms with Crippen molar-refractivity contribution in [3.63, 3.8) is 0 Å². The van der Waals surface area contributed by atoms with E-state index in [4.69, 9.17) is 15.2 Å². The van der Waals surface area contributed by atoms with Gasteiger partial charge in [0.2, 0.25) is 0 Å². The molecule has 0 bridgehead atoms. The molecule has 2 aromatic rings. The van der Waals surface area contributed by atoms with Gasteiger partial charge in [-0.3, -0.25) is 9.59 Å². The van der Waals surface area contributed by atoms with Crippen molar-refractivity contribution in [1.82, 2.24) is 19.5 Å². The van der Waals surface area contributed by atoms with Crippen molar-refractivity contribution in [1.29, 1.82) is 0 Å². The van der Waals surface area contributed by atoms with E-state index in [1.165, 1.54) is 83.4 Å². The molecule has 41 heavy (non-hydrogen) atoms. The Bertz CT molecular complexity index is 980. The van der Waals surface area contributed by atoms with Crippen LogP contribution in [0.15, 0.2) is 18.9 Å². The third-order valence-corrected chi connectivity index (χ3v) is 7.71. The number of rotatable bonds is 24. The Hall–Kier alpha value is -2.55. The molecule has 0 unspecified atom stereocenters. The molecule has 0 amide bonds. The molecule has 2 heterocycles. The van der Waals surface area contributed by atoms with E-state index in [-0.39, 0.29) is 31.0 Å². The summed E-state index contributed by atoms with van der Waals surface area (Å²) in [6.07, 6.45) is 23.8. The number of unbranched alkanes of at least 4 members (excludes halogenated alkanes) is 13. The lowest BCUT2D eigenvalue weighted by Crippen LogP contribution is -2.37. The number of hydrogen-bond donors (Lipinski definition) is 1. The minimum Gasteiger partial charge on any atom is -0.465 e. The summed E-state index contributed by atoms with van der Waals surface area (Å²) in [6.45, 7) is 7.03. The van der Waals surface area contributed by atoms with Crippen LogP contribution in [-0.4, -0.2) is 50.7 Å². The second-order valence-electron chi connectivity index (χ2n) is 11.7. The van der Waals surface area contributed by atoms with E-state index in [0.29, 0.717) is 24.9 Å². The molecular formula is C32H55N5O4. The Balaban J connectivity index is 1.64. The molecule has 0 aliphatic rings. The minimum atomic E-state index is -0.648. The van der Waals surface area contributed by atoms with Crippen LogP contribution in [0.4, 0.5) is 0 Å². The van der Waals surface area contributed by atoms with Crippen LogP contribution in [-0.2, 0) is 25.6 Å². The van der Waals surface area contributed by atoms with Crippen molar-refractivity contribution < 1.29 is 19.1 Å². The van der Waals surface area contributed by atoms with Gasteiger partial charge >= 0.3 is 11.9 Å². The first-order valence-electron chi connectivity index (χ1n) is 16.1. The smallest absolute Gasteiger partial charge is 0.323 e. The number of hydrogen-bond acceptors (Lipinski definition) is 8. The highest BCUT2D eigenvalue weighted by Gasteiger charge is 2.20. The molecule has 9 heteroatoms. The predicted octanol–water partition coefficient (Wildman–Crippen LogP) is 6.77. The van der Waals surface area contributed by atoms with Gasteiger partial charge in [-0.15, -0.1) is 0 Å². The number of fused-ring (bicyclic) bond motifs is 1. The van der Waals surface area contributed by atoms with Gasteiger partial charge in [-0.25, -0.2) is 15.0 Å². The van der Waals surface area contributed by atoms with Crippen LogP contribution in [0.5, 0.6) is 0 Å². The van der Waals surface area contributed by atoms with E-state index < -0.39 is 12.0 Å². The maximum atomic E-state index is 12.5. The Morgan fingerprint density at radius 3 is 2.10 bits per heavy atom. The second kappa shape index (κ2) is 21.2. The Morgan fingerprint density at radius 2 is 1.49 bits per heavy atom. The van der Waals surface area contributed by atoms with Gasteiger partial charge in [-0.2, -0.15) is 0 Å². The zero-order chi connectivity index (χ0) is 29.7. The van der Waals surface area contributed by atoms with Crippen LogP contribution in [0.3, 0.4) is 0 Å². The molecule has 2 N–H and O–H groups in total. The maximum Gasteiger partial charge on any atom is 0.323 e. The molecular weight excluding hydrogens is 518 g/mol.